The van der Waals surface area contributed by atoms with Gasteiger partial charge in [0.05, 0.1) is 0 Å². The fourth-order valence-electron chi connectivity index (χ4n) is 2.04. The van der Waals surface area contributed by atoms with Crippen molar-refractivity contribution in [1.29, 1.82) is 0 Å². The molecule has 1 N–H and O–H groups in total. The lowest BCUT2D eigenvalue weighted by molar-refractivity contribution is -0.0498. The summed E-state index contributed by atoms with van der Waals surface area (Å²) in [6, 6.07) is 11.3. The summed E-state index contributed by atoms with van der Waals surface area (Å²) in [5, 5.41) is 2.77. The van der Waals surface area contributed by atoms with Crippen LogP contribution in [0.15, 0.2) is 42.5 Å². The van der Waals surface area contributed by atoms with Gasteiger partial charge in [-0.1, -0.05) is 6.07 Å². The molecule has 0 aromatic heterocycles. The van der Waals surface area contributed by atoms with Crippen LogP contribution in [0.2, 0.25) is 0 Å². The van der Waals surface area contributed by atoms with Crippen molar-refractivity contribution in [3.05, 3.63) is 59.2 Å². The van der Waals surface area contributed by atoms with E-state index in [1.807, 2.05) is 32.0 Å². The quantitative estimate of drug-likeness (QED) is 0.918. The van der Waals surface area contributed by atoms with Gasteiger partial charge in [0.15, 0.2) is 0 Å². The van der Waals surface area contributed by atoms with Crippen LogP contribution in [-0.4, -0.2) is 12.5 Å². The number of ether oxygens (including phenoxy) is 1. The smallest absolute Gasteiger partial charge is 0.387 e. The highest BCUT2D eigenvalue weighted by molar-refractivity contribution is 6.04. The number of halogens is 2. The van der Waals surface area contributed by atoms with Crippen LogP contribution in [0.4, 0.5) is 14.5 Å². The molecule has 0 bridgehead atoms. The molecule has 0 radical (unpaired) electrons. The number of hydrogen-bond donors (Lipinski definition) is 1. The molecule has 0 aliphatic carbocycles. The first-order chi connectivity index (χ1) is 9.94. The molecule has 0 atom stereocenters. The monoisotopic (exact) mass is 291 g/mol. The van der Waals surface area contributed by atoms with Crippen molar-refractivity contribution in [2.75, 3.05) is 5.32 Å². The zero-order chi connectivity index (χ0) is 15.4. The Morgan fingerprint density at radius 2 is 1.62 bits per heavy atom. The van der Waals surface area contributed by atoms with Crippen molar-refractivity contribution >= 4 is 11.6 Å². The molecule has 1 amide bonds. The number of anilines is 1. The molecule has 0 saturated carbocycles. The molecule has 0 fully saturated rings. The highest BCUT2D eigenvalue weighted by atomic mass is 19.3. The normalized spacial score (nSPS) is 10.5. The molecule has 0 saturated heterocycles. The number of aryl methyl sites for hydroxylation is 2. The van der Waals surface area contributed by atoms with Crippen LogP contribution in [0.25, 0.3) is 0 Å². The maximum absolute atomic E-state index is 12.1. The number of carbonyl (C=O) groups is 1. The van der Waals surface area contributed by atoms with Gasteiger partial charge in [0, 0.05) is 11.3 Å². The number of carbonyl (C=O) groups excluding carboxylic acids is 1. The van der Waals surface area contributed by atoms with Gasteiger partial charge in [-0.3, -0.25) is 4.79 Å². The van der Waals surface area contributed by atoms with E-state index < -0.39 is 6.61 Å². The molecule has 0 heterocycles. The number of amides is 1. The number of hydrogen-bond acceptors (Lipinski definition) is 2. The first kappa shape index (κ1) is 15.0. The van der Waals surface area contributed by atoms with Crippen LogP contribution in [-0.2, 0) is 0 Å². The fourth-order valence-corrected chi connectivity index (χ4v) is 2.04. The summed E-state index contributed by atoms with van der Waals surface area (Å²) in [5.74, 6) is -0.281. The highest BCUT2D eigenvalue weighted by Gasteiger charge is 2.08. The Morgan fingerprint density at radius 3 is 2.14 bits per heavy atom. The van der Waals surface area contributed by atoms with E-state index in [4.69, 9.17) is 0 Å². The number of rotatable bonds is 4. The van der Waals surface area contributed by atoms with E-state index in [1.54, 1.807) is 0 Å². The van der Waals surface area contributed by atoms with Gasteiger partial charge in [0.1, 0.15) is 5.75 Å². The van der Waals surface area contributed by atoms with E-state index in [2.05, 4.69) is 10.1 Å². The van der Waals surface area contributed by atoms with E-state index in [-0.39, 0.29) is 11.7 Å². The van der Waals surface area contributed by atoms with Crippen LogP contribution in [0.3, 0.4) is 0 Å². The highest BCUT2D eigenvalue weighted by Crippen LogP contribution is 2.17. The Balaban J connectivity index is 2.09. The molecular weight excluding hydrogens is 276 g/mol. The minimum atomic E-state index is -2.88. The summed E-state index contributed by atoms with van der Waals surface area (Å²) in [4.78, 5) is 12.1. The van der Waals surface area contributed by atoms with E-state index in [9.17, 15) is 13.6 Å². The second kappa shape index (κ2) is 6.35. The van der Waals surface area contributed by atoms with Gasteiger partial charge in [-0.2, -0.15) is 8.78 Å². The standard InChI is InChI=1S/C16H15F2NO2/c1-10-7-11(2)9-13(8-10)19-15(20)12-3-5-14(6-4-12)21-16(17)18/h3-9,16H,1-2H3,(H,19,20). The van der Waals surface area contributed by atoms with Crippen molar-refractivity contribution in [1.82, 2.24) is 0 Å². The maximum atomic E-state index is 12.1. The lowest BCUT2D eigenvalue weighted by Gasteiger charge is -2.08. The predicted octanol–water partition coefficient (Wildman–Crippen LogP) is 4.16. The molecule has 2 rings (SSSR count). The average Bonchev–Trinajstić information content (AvgIpc) is 2.37. The summed E-state index contributed by atoms with van der Waals surface area (Å²) in [7, 11) is 0. The van der Waals surface area contributed by atoms with Crippen molar-refractivity contribution in [3.63, 3.8) is 0 Å². The summed E-state index contributed by atoms with van der Waals surface area (Å²) < 4.78 is 28.3. The number of nitrogens with one attached hydrogen (secondary N) is 1. The lowest BCUT2D eigenvalue weighted by atomic mass is 10.1. The second-order valence-corrected chi connectivity index (χ2v) is 4.73. The van der Waals surface area contributed by atoms with Crippen LogP contribution >= 0.6 is 0 Å². The van der Waals surface area contributed by atoms with Crippen molar-refractivity contribution in [3.8, 4) is 5.75 Å². The molecule has 21 heavy (non-hydrogen) atoms. The summed E-state index contributed by atoms with van der Waals surface area (Å²) in [6.45, 7) is 1.01. The Bertz CT molecular complexity index is 619. The van der Waals surface area contributed by atoms with Gasteiger partial charge >= 0.3 is 6.61 Å². The lowest BCUT2D eigenvalue weighted by Crippen LogP contribution is -2.12. The van der Waals surface area contributed by atoms with Crippen LogP contribution in [0, 0.1) is 13.8 Å². The third-order valence-electron chi connectivity index (χ3n) is 2.82. The van der Waals surface area contributed by atoms with Crippen molar-refractivity contribution in [2.24, 2.45) is 0 Å². The zero-order valence-corrected chi connectivity index (χ0v) is 11.7. The predicted molar refractivity (Wildman–Crippen MR) is 76.9 cm³/mol. The fraction of sp³-hybridized carbons (Fsp3) is 0.188. The van der Waals surface area contributed by atoms with Gasteiger partial charge in [0.2, 0.25) is 0 Å². The Hall–Kier alpha value is -2.43. The average molecular weight is 291 g/mol. The van der Waals surface area contributed by atoms with E-state index in [0.29, 0.717) is 11.3 Å². The minimum Gasteiger partial charge on any atom is -0.435 e. The molecule has 0 spiro atoms. The van der Waals surface area contributed by atoms with Gasteiger partial charge in [-0.05, 0) is 61.4 Å². The van der Waals surface area contributed by atoms with Gasteiger partial charge in [-0.15, -0.1) is 0 Å². The SMILES string of the molecule is Cc1cc(C)cc(NC(=O)c2ccc(OC(F)F)cc2)c1. The largest absolute Gasteiger partial charge is 0.435 e. The molecule has 5 heteroatoms. The summed E-state index contributed by atoms with van der Waals surface area (Å²) in [5.41, 5.74) is 3.16. The Kier molecular flexibility index (Phi) is 4.52. The zero-order valence-electron chi connectivity index (χ0n) is 11.7. The van der Waals surface area contributed by atoms with Crippen molar-refractivity contribution in [2.45, 2.75) is 20.5 Å². The molecule has 3 nitrogen and oxygen atoms in total. The molecular formula is C16H15F2NO2. The topological polar surface area (TPSA) is 38.3 Å². The van der Waals surface area contributed by atoms with E-state index >= 15 is 0 Å². The maximum Gasteiger partial charge on any atom is 0.387 e. The Labute approximate surface area is 121 Å². The third kappa shape index (κ3) is 4.27. The van der Waals surface area contributed by atoms with Gasteiger partial charge in [-0.25, -0.2) is 0 Å². The van der Waals surface area contributed by atoms with E-state index in [1.165, 1.54) is 24.3 Å². The van der Waals surface area contributed by atoms with Gasteiger partial charge < -0.3 is 10.1 Å². The first-order valence-electron chi connectivity index (χ1n) is 6.38. The van der Waals surface area contributed by atoms with Crippen LogP contribution in [0.1, 0.15) is 21.5 Å². The van der Waals surface area contributed by atoms with Crippen LogP contribution in [0.5, 0.6) is 5.75 Å². The molecule has 110 valence electrons. The number of benzene rings is 2. The third-order valence-corrected chi connectivity index (χ3v) is 2.82. The first-order valence-corrected chi connectivity index (χ1v) is 6.38. The minimum absolute atomic E-state index is 0.0213. The molecule has 0 unspecified atom stereocenters. The summed E-state index contributed by atoms with van der Waals surface area (Å²) >= 11 is 0. The van der Waals surface area contributed by atoms with Crippen molar-refractivity contribution < 1.29 is 18.3 Å². The molecule has 2 aromatic rings. The summed E-state index contributed by atoms with van der Waals surface area (Å²) in [6.07, 6.45) is 0. The van der Waals surface area contributed by atoms with Gasteiger partial charge in [0.25, 0.3) is 5.91 Å². The molecule has 2 aromatic carbocycles. The Morgan fingerprint density at radius 1 is 1.05 bits per heavy atom. The second-order valence-electron chi connectivity index (χ2n) is 4.73. The molecule has 0 aliphatic rings. The van der Waals surface area contributed by atoms with Crippen LogP contribution < -0.4 is 10.1 Å². The van der Waals surface area contributed by atoms with E-state index in [0.717, 1.165) is 11.1 Å². The number of alkyl halides is 2. The molecule has 0 aliphatic heterocycles.